The standard InChI is InChI=1S/C19H18N2O3S/c1-12-7-8-14(9-13(12)2)17(22)11-25-19-21-20-18(24-19)15-5-4-6-16(10-15)23-3/h4-10H,11H2,1-3H3. The summed E-state index contributed by atoms with van der Waals surface area (Å²) in [5.41, 5.74) is 3.75. The van der Waals surface area contributed by atoms with E-state index >= 15 is 0 Å². The van der Waals surface area contributed by atoms with E-state index in [1.165, 1.54) is 17.3 Å². The zero-order valence-corrected chi connectivity index (χ0v) is 15.1. The predicted octanol–water partition coefficient (Wildman–Crippen LogP) is 4.34. The minimum Gasteiger partial charge on any atom is -0.497 e. The lowest BCUT2D eigenvalue weighted by atomic mass is 10.0. The third-order valence-electron chi connectivity index (χ3n) is 3.88. The van der Waals surface area contributed by atoms with E-state index in [2.05, 4.69) is 10.2 Å². The average Bonchev–Trinajstić information content (AvgIpc) is 3.11. The molecule has 5 nitrogen and oxygen atoms in total. The lowest BCUT2D eigenvalue weighted by molar-refractivity contribution is 0.102. The minimum atomic E-state index is 0.0363. The molecule has 25 heavy (non-hydrogen) atoms. The summed E-state index contributed by atoms with van der Waals surface area (Å²) in [7, 11) is 1.60. The Morgan fingerprint density at radius 3 is 2.72 bits per heavy atom. The number of ketones is 1. The van der Waals surface area contributed by atoms with Crippen LogP contribution in [0.3, 0.4) is 0 Å². The van der Waals surface area contributed by atoms with Crippen LogP contribution in [0.2, 0.25) is 0 Å². The molecule has 1 aromatic heterocycles. The second kappa shape index (κ2) is 7.53. The molecule has 0 bridgehead atoms. The smallest absolute Gasteiger partial charge is 0.277 e. The van der Waals surface area contributed by atoms with E-state index in [1.807, 2.05) is 56.3 Å². The highest BCUT2D eigenvalue weighted by Gasteiger charge is 2.13. The van der Waals surface area contributed by atoms with Gasteiger partial charge in [0.05, 0.1) is 12.9 Å². The molecule has 0 saturated heterocycles. The number of ether oxygens (including phenoxy) is 1. The van der Waals surface area contributed by atoms with Gasteiger partial charge in [0.2, 0.25) is 5.89 Å². The molecule has 6 heteroatoms. The van der Waals surface area contributed by atoms with Crippen molar-refractivity contribution in [1.29, 1.82) is 0 Å². The molecule has 2 aromatic carbocycles. The van der Waals surface area contributed by atoms with Crippen molar-refractivity contribution in [2.24, 2.45) is 0 Å². The summed E-state index contributed by atoms with van der Waals surface area (Å²) in [6.45, 7) is 4.02. The van der Waals surface area contributed by atoms with Gasteiger partial charge in [-0.25, -0.2) is 0 Å². The van der Waals surface area contributed by atoms with E-state index in [-0.39, 0.29) is 11.5 Å². The minimum absolute atomic E-state index is 0.0363. The fourth-order valence-electron chi connectivity index (χ4n) is 2.27. The molecule has 0 radical (unpaired) electrons. The molecule has 0 spiro atoms. The summed E-state index contributed by atoms with van der Waals surface area (Å²) in [5.74, 6) is 1.41. The molecule has 0 atom stereocenters. The van der Waals surface area contributed by atoms with Crippen LogP contribution >= 0.6 is 11.8 Å². The van der Waals surface area contributed by atoms with E-state index in [9.17, 15) is 4.79 Å². The number of carbonyl (C=O) groups is 1. The van der Waals surface area contributed by atoms with Crippen LogP contribution in [0.1, 0.15) is 21.5 Å². The molecular weight excluding hydrogens is 336 g/mol. The molecule has 3 aromatic rings. The van der Waals surface area contributed by atoms with E-state index < -0.39 is 0 Å². The summed E-state index contributed by atoms with van der Waals surface area (Å²) < 4.78 is 10.8. The topological polar surface area (TPSA) is 65.2 Å². The third-order valence-corrected chi connectivity index (χ3v) is 4.70. The molecule has 3 rings (SSSR count). The van der Waals surface area contributed by atoms with Crippen LogP contribution in [-0.2, 0) is 0 Å². The predicted molar refractivity (Wildman–Crippen MR) is 97.3 cm³/mol. The first-order valence-electron chi connectivity index (χ1n) is 7.78. The van der Waals surface area contributed by atoms with Crippen molar-refractivity contribution in [3.8, 4) is 17.2 Å². The quantitative estimate of drug-likeness (QED) is 0.485. The molecule has 0 aliphatic heterocycles. The molecule has 128 valence electrons. The first-order valence-corrected chi connectivity index (χ1v) is 8.76. The van der Waals surface area contributed by atoms with Gasteiger partial charge in [0.1, 0.15) is 5.75 Å². The van der Waals surface area contributed by atoms with E-state index in [4.69, 9.17) is 9.15 Å². The third kappa shape index (κ3) is 4.09. The van der Waals surface area contributed by atoms with Crippen LogP contribution in [0.5, 0.6) is 5.75 Å². The Morgan fingerprint density at radius 1 is 1.12 bits per heavy atom. The van der Waals surface area contributed by atoms with Gasteiger partial charge in [0.25, 0.3) is 5.22 Å². The van der Waals surface area contributed by atoms with Gasteiger partial charge < -0.3 is 9.15 Å². The number of aromatic nitrogens is 2. The lowest BCUT2D eigenvalue weighted by Crippen LogP contribution is -2.03. The maximum Gasteiger partial charge on any atom is 0.277 e. The van der Waals surface area contributed by atoms with Gasteiger partial charge in [-0.3, -0.25) is 4.79 Å². The van der Waals surface area contributed by atoms with E-state index in [1.54, 1.807) is 7.11 Å². The van der Waals surface area contributed by atoms with Gasteiger partial charge in [-0.2, -0.15) is 0 Å². The summed E-state index contributed by atoms with van der Waals surface area (Å²) in [5, 5.41) is 8.40. The fourth-order valence-corrected chi connectivity index (χ4v) is 2.92. The number of rotatable bonds is 6. The van der Waals surface area contributed by atoms with Crippen molar-refractivity contribution >= 4 is 17.5 Å². The molecule has 1 heterocycles. The SMILES string of the molecule is COc1cccc(-c2nnc(SCC(=O)c3ccc(C)c(C)c3)o2)c1. The van der Waals surface area contributed by atoms with Crippen LogP contribution in [-0.4, -0.2) is 28.8 Å². The molecule has 0 aliphatic rings. The number of aryl methyl sites for hydroxylation is 2. The zero-order valence-electron chi connectivity index (χ0n) is 14.3. The van der Waals surface area contributed by atoms with Gasteiger partial charge in [-0.1, -0.05) is 30.0 Å². The highest BCUT2D eigenvalue weighted by molar-refractivity contribution is 7.99. The van der Waals surface area contributed by atoms with Crippen LogP contribution < -0.4 is 4.74 Å². The lowest BCUT2D eigenvalue weighted by Gasteiger charge is -2.03. The molecule has 0 aliphatic carbocycles. The highest BCUT2D eigenvalue weighted by Crippen LogP contribution is 2.26. The Hall–Kier alpha value is -2.60. The van der Waals surface area contributed by atoms with Crippen molar-refractivity contribution in [2.75, 3.05) is 12.9 Å². The van der Waals surface area contributed by atoms with Crippen molar-refractivity contribution in [3.05, 3.63) is 59.2 Å². The Kier molecular flexibility index (Phi) is 5.19. The highest BCUT2D eigenvalue weighted by atomic mass is 32.2. The molecule has 0 saturated carbocycles. The Bertz CT molecular complexity index is 905. The zero-order chi connectivity index (χ0) is 17.8. The van der Waals surface area contributed by atoms with Gasteiger partial charge in [-0.05, 0) is 49.2 Å². The summed E-state index contributed by atoms with van der Waals surface area (Å²) in [6, 6.07) is 13.1. The van der Waals surface area contributed by atoms with Crippen LogP contribution in [0.15, 0.2) is 52.1 Å². The first-order chi connectivity index (χ1) is 12.1. The molecule has 0 N–H and O–H groups in total. The number of Topliss-reactive ketones (excluding diaryl/α,β-unsaturated/α-hetero) is 1. The number of benzene rings is 2. The normalized spacial score (nSPS) is 10.7. The number of thioether (sulfide) groups is 1. The molecule has 0 unspecified atom stereocenters. The van der Waals surface area contributed by atoms with Crippen LogP contribution in [0, 0.1) is 13.8 Å². The van der Waals surface area contributed by atoms with Crippen molar-refractivity contribution in [1.82, 2.24) is 10.2 Å². The number of methoxy groups -OCH3 is 1. The second-order valence-corrected chi connectivity index (χ2v) is 6.54. The molecular formula is C19H18N2O3S. The number of hydrogen-bond acceptors (Lipinski definition) is 6. The second-order valence-electron chi connectivity index (χ2n) is 5.62. The Balaban J connectivity index is 1.67. The largest absolute Gasteiger partial charge is 0.497 e. The molecule has 0 amide bonds. The van der Waals surface area contributed by atoms with E-state index in [0.29, 0.717) is 16.7 Å². The Morgan fingerprint density at radius 2 is 1.96 bits per heavy atom. The van der Waals surface area contributed by atoms with Gasteiger partial charge in [-0.15, -0.1) is 10.2 Å². The summed E-state index contributed by atoms with van der Waals surface area (Å²) in [6.07, 6.45) is 0. The number of nitrogens with zero attached hydrogens (tertiary/aromatic N) is 2. The first kappa shape index (κ1) is 17.2. The average molecular weight is 354 g/mol. The Labute approximate surface area is 150 Å². The van der Waals surface area contributed by atoms with Gasteiger partial charge >= 0.3 is 0 Å². The van der Waals surface area contributed by atoms with Crippen molar-refractivity contribution in [2.45, 2.75) is 19.1 Å². The number of hydrogen-bond donors (Lipinski definition) is 0. The van der Waals surface area contributed by atoms with Crippen molar-refractivity contribution in [3.63, 3.8) is 0 Å². The maximum atomic E-state index is 12.3. The number of carbonyl (C=O) groups excluding carboxylic acids is 1. The van der Waals surface area contributed by atoms with E-state index in [0.717, 1.165) is 16.9 Å². The maximum absolute atomic E-state index is 12.3. The fraction of sp³-hybridized carbons (Fsp3) is 0.211. The molecule has 0 fully saturated rings. The van der Waals surface area contributed by atoms with Gasteiger partial charge in [0.15, 0.2) is 5.78 Å². The van der Waals surface area contributed by atoms with Crippen LogP contribution in [0.25, 0.3) is 11.5 Å². The van der Waals surface area contributed by atoms with Gasteiger partial charge in [0, 0.05) is 11.1 Å². The monoisotopic (exact) mass is 354 g/mol. The van der Waals surface area contributed by atoms with Crippen LogP contribution in [0.4, 0.5) is 0 Å². The summed E-state index contributed by atoms with van der Waals surface area (Å²) >= 11 is 1.24. The van der Waals surface area contributed by atoms with Crippen molar-refractivity contribution < 1.29 is 13.9 Å². The summed E-state index contributed by atoms with van der Waals surface area (Å²) in [4.78, 5) is 12.3.